The van der Waals surface area contributed by atoms with Crippen molar-refractivity contribution in [3.05, 3.63) is 59.4 Å². The van der Waals surface area contributed by atoms with E-state index in [1.165, 1.54) is 41.1 Å². The highest BCUT2D eigenvalue weighted by atomic mass is 32.2. The van der Waals surface area contributed by atoms with Gasteiger partial charge in [0.15, 0.2) is 9.84 Å². The molecule has 2 fully saturated rings. The Morgan fingerprint density at radius 1 is 1.00 bits per heavy atom. The molecule has 10 nitrogen and oxygen atoms in total. The van der Waals surface area contributed by atoms with Crippen LogP contribution in [0, 0.1) is 11.7 Å². The van der Waals surface area contributed by atoms with E-state index in [2.05, 4.69) is 5.32 Å². The van der Waals surface area contributed by atoms with Crippen molar-refractivity contribution in [3.8, 4) is 0 Å². The first kappa shape index (κ1) is 31.9. The van der Waals surface area contributed by atoms with Crippen LogP contribution in [0.1, 0.15) is 42.6 Å². The fourth-order valence-electron chi connectivity index (χ4n) is 5.37. The van der Waals surface area contributed by atoms with Gasteiger partial charge in [0, 0.05) is 32.1 Å². The second-order valence-electron chi connectivity index (χ2n) is 11.0. The molecule has 0 saturated carbocycles. The first-order valence-electron chi connectivity index (χ1n) is 13.3. The molecule has 4 rings (SSSR count). The third-order valence-corrected chi connectivity index (χ3v) is 8.92. The zero-order valence-corrected chi connectivity index (χ0v) is 24.6. The highest BCUT2D eigenvalue weighted by Crippen LogP contribution is 2.40. The van der Waals surface area contributed by atoms with Crippen molar-refractivity contribution in [3.63, 3.8) is 0 Å². The van der Waals surface area contributed by atoms with Crippen molar-refractivity contribution in [1.82, 2.24) is 15.1 Å². The molecule has 2 aromatic rings. The van der Waals surface area contributed by atoms with Crippen LogP contribution in [0.4, 0.5) is 28.0 Å². The summed E-state index contributed by atoms with van der Waals surface area (Å²) in [5, 5.41) is 2.36. The van der Waals surface area contributed by atoms with Gasteiger partial charge >= 0.3 is 12.2 Å². The fourth-order valence-corrected chi connectivity index (χ4v) is 6.00. The molecule has 43 heavy (non-hydrogen) atoms. The quantitative estimate of drug-likeness (QED) is 0.387. The number of urea groups is 1. The topological polar surface area (TPSA) is 124 Å². The Labute approximate surface area is 245 Å². The molecule has 232 valence electrons. The Morgan fingerprint density at radius 2 is 1.58 bits per heavy atom. The Bertz CT molecular complexity index is 1570. The van der Waals surface area contributed by atoms with Crippen molar-refractivity contribution in [2.45, 2.75) is 49.3 Å². The molecule has 0 bridgehead atoms. The van der Waals surface area contributed by atoms with Crippen LogP contribution in [0.3, 0.4) is 0 Å². The lowest BCUT2D eigenvalue weighted by Crippen LogP contribution is -2.60. The number of imide groups is 1. The number of nitrogens with one attached hydrogen (secondary N) is 1. The maximum atomic E-state index is 14.3. The van der Waals surface area contributed by atoms with Crippen LogP contribution in [0.15, 0.2) is 47.4 Å². The Kier molecular flexibility index (Phi) is 8.35. The summed E-state index contributed by atoms with van der Waals surface area (Å²) in [6, 6.07) is 5.10. The number of alkyl halides is 3. The molecule has 15 heteroatoms. The summed E-state index contributed by atoms with van der Waals surface area (Å²) in [5.41, 5.74) is -3.14. The molecule has 1 spiro atoms. The average molecular weight is 627 g/mol. The molecule has 1 N–H and O–H groups in total. The van der Waals surface area contributed by atoms with Gasteiger partial charge in [0.05, 0.1) is 16.0 Å². The number of likely N-dealkylation sites (N-methyl/N-ethyl adjacent to an activating group) is 1. The molecule has 5 amide bonds. The van der Waals surface area contributed by atoms with Gasteiger partial charge in [0.1, 0.15) is 17.4 Å². The van der Waals surface area contributed by atoms with Crippen molar-refractivity contribution >= 4 is 39.3 Å². The third kappa shape index (κ3) is 5.94. The van der Waals surface area contributed by atoms with Gasteiger partial charge in [-0.2, -0.15) is 13.2 Å². The molecule has 1 unspecified atom stereocenters. The zero-order chi connectivity index (χ0) is 32.1. The van der Waals surface area contributed by atoms with E-state index in [1.807, 2.05) is 0 Å². The summed E-state index contributed by atoms with van der Waals surface area (Å²) in [6.45, 7) is 3.18. The van der Waals surface area contributed by atoms with E-state index in [0.717, 1.165) is 11.2 Å². The van der Waals surface area contributed by atoms with E-state index in [4.69, 9.17) is 0 Å². The number of benzene rings is 2. The monoisotopic (exact) mass is 626 g/mol. The third-order valence-electron chi connectivity index (χ3n) is 7.79. The Balaban J connectivity index is 1.54. The van der Waals surface area contributed by atoms with Gasteiger partial charge in [0.25, 0.3) is 11.8 Å². The van der Waals surface area contributed by atoms with Crippen LogP contribution < -0.4 is 10.2 Å². The molecule has 0 aromatic heterocycles. The predicted molar refractivity (Wildman–Crippen MR) is 146 cm³/mol. The number of amides is 5. The molecule has 2 aromatic carbocycles. The van der Waals surface area contributed by atoms with Crippen LogP contribution in [0.2, 0.25) is 0 Å². The first-order chi connectivity index (χ1) is 19.9. The minimum atomic E-state index is -4.81. The number of carbonyl (C=O) groups excluding carboxylic acids is 4. The minimum absolute atomic E-state index is 0.0133. The summed E-state index contributed by atoms with van der Waals surface area (Å²) in [6.07, 6.45) is -3.74. The molecule has 2 aliphatic heterocycles. The maximum Gasteiger partial charge on any atom is 0.416 e. The maximum absolute atomic E-state index is 14.3. The van der Waals surface area contributed by atoms with Gasteiger partial charge in [-0.3, -0.25) is 24.2 Å². The molecule has 2 aliphatic rings. The number of sulfone groups is 1. The Morgan fingerprint density at radius 3 is 2.09 bits per heavy atom. The van der Waals surface area contributed by atoms with E-state index in [0.29, 0.717) is 23.9 Å². The largest absolute Gasteiger partial charge is 0.416 e. The van der Waals surface area contributed by atoms with Crippen LogP contribution in [0.25, 0.3) is 0 Å². The number of hydrogen-bond donors (Lipinski definition) is 1. The standard InChI is InChI=1S/C28H30F4N4O6S/c1-16(2)22(33-23(37)20-15-17(28(30,31)32)5-10-21(20)29)24(38)35-13-11-27(12-14-35)25(39)34(3)26(40)36(27)18-6-8-19(9-7-18)43(4,41)42/h5-10,15-16,22H,11-14H2,1-4H3,(H,33,37). The van der Waals surface area contributed by atoms with E-state index in [1.54, 1.807) is 13.8 Å². The number of likely N-dealkylation sites (tertiary alicyclic amines) is 1. The second-order valence-corrected chi connectivity index (χ2v) is 13.0. The van der Waals surface area contributed by atoms with Gasteiger partial charge < -0.3 is 10.2 Å². The Hall–Kier alpha value is -4.01. The van der Waals surface area contributed by atoms with Gasteiger partial charge in [0.2, 0.25) is 5.91 Å². The molecule has 1 atom stereocenters. The molecular weight excluding hydrogens is 596 g/mol. The lowest BCUT2D eigenvalue weighted by Gasteiger charge is -2.43. The average Bonchev–Trinajstić information content (AvgIpc) is 3.11. The molecule has 2 saturated heterocycles. The van der Waals surface area contributed by atoms with Crippen LogP contribution in [0.5, 0.6) is 0 Å². The summed E-state index contributed by atoms with van der Waals surface area (Å²) in [4.78, 5) is 56.5. The molecule has 0 aliphatic carbocycles. The van der Waals surface area contributed by atoms with Crippen molar-refractivity contribution in [2.24, 2.45) is 5.92 Å². The van der Waals surface area contributed by atoms with Crippen molar-refractivity contribution in [1.29, 1.82) is 0 Å². The summed E-state index contributed by atoms with van der Waals surface area (Å²) in [7, 11) is -2.18. The van der Waals surface area contributed by atoms with Crippen LogP contribution in [-0.4, -0.2) is 79.9 Å². The number of halogens is 4. The number of hydrogen-bond acceptors (Lipinski definition) is 6. The number of nitrogens with zero attached hydrogens (tertiary/aromatic N) is 3. The molecule has 0 radical (unpaired) electrons. The highest BCUT2D eigenvalue weighted by Gasteiger charge is 2.58. The minimum Gasteiger partial charge on any atom is -0.341 e. The lowest BCUT2D eigenvalue weighted by atomic mass is 9.85. The van der Waals surface area contributed by atoms with Gasteiger partial charge in [-0.05, 0) is 61.2 Å². The highest BCUT2D eigenvalue weighted by molar-refractivity contribution is 7.90. The van der Waals surface area contributed by atoms with E-state index in [-0.39, 0.29) is 30.8 Å². The van der Waals surface area contributed by atoms with Gasteiger partial charge in [-0.15, -0.1) is 0 Å². The predicted octanol–water partition coefficient (Wildman–Crippen LogP) is 3.46. The molecular formula is C28H30F4N4O6S. The molecule has 2 heterocycles. The zero-order valence-electron chi connectivity index (χ0n) is 23.7. The SMILES string of the molecule is CC(C)C(NC(=O)c1cc(C(F)(F)F)ccc1F)C(=O)N1CCC2(CC1)C(=O)N(C)C(=O)N2c1ccc(S(C)(=O)=O)cc1. The van der Waals surface area contributed by atoms with Crippen molar-refractivity contribution in [2.75, 3.05) is 31.3 Å². The fraction of sp³-hybridized carbons (Fsp3) is 0.429. The summed E-state index contributed by atoms with van der Waals surface area (Å²) in [5.74, 6) is -3.98. The van der Waals surface area contributed by atoms with E-state index >= 15 is 0 Å². The number of rotatable bonds is 6. The normalized spacial score (nSPS) is 18.0. The number of carbonyl (C=O) groups is 4. The summed E-state index contributed by atoms with van der Waals surface area (Å²) < 4.78 is 77.5. The van der Waals surface area contributed by atoms with Gasteiger partial charge in [-0.1, -0.05) is 13.8 Å². The van der Waals surface area contributed by atoms with Crippen molar-refractivity contribution < 1.29 is 45.2 Å². The summed E-state index contributed by atoms with van der Waals surface area (Å²) >= 11 is 0. The van der Waals surface area contributed by atoms with E-state index < -0.39 is 74.2 Å². The number of anilines is 1. The lowest BCUT2D eigenvalue weighted by molar-refractivity contribution is -0.139. The van der Waals surface area contributed by atoms with Gasteiger partial charge in [-0.25, -0.2) is 17.6 Å². The smallest absolute Gasteiger partial charge is 0.341 e. The second kappa shape index (κ2) is 11.2. The van der Waals surface area contributed by atoms with E-state index in [9.17, 15) is 45.2 Å². The van der Waals surface area contributed by atoms with Crippen LogP contribution >= 0.6 is 0 Å². The first-order valence-corrected chi connectivity index (χ1v) is 15.2. The number of piperidine rings is 1. The van der Waals surface area contributed by atoms with Crippen LogP contribution in [-0.2, 0) is 25.6 Å².